The molecule has 1 aromatic heterocycles. The van der Waals surface area contributed by atoms with E-state index in [1.54, 1.807) is 6.26 Å². The monoisotopic (exact) mass is 316 g/mol. The van der Waals surface area contributed by atoms with Crippen molar-refractivity contribution in [3.05, 3.63) is 51.9 Å². The second kappa shape index (κ2) is 5.10. The molecule has 0 bridgehead atoms. The van der Waals surface area contributed by atoms with E-state index in [0.717, 1.165) is 35.2 Å². The predicted molar refractivity (Wildman–Crippen MR) is 76.9 cm³/mol. The molecule has 0 radical (unpaired) electrons. The number of hydrogen-bond acceptors (Lipinski definition) is 3. The molecule has 1 N–H and O–H groups in total. The van der Waals surface area contributed by atoms with Gasteiger partial charge in [-0.2, -0.15) is 5.26 Å². The van der Waals surface area contributed by atoms with Crippen molar-refractivity contribution < 1.29 is 4.42 Å². The van der Waals surface area contributed by atoms with Gasteiger partial charge in [0, 0.05) is 16.5 Å². The van der Waals surface area contributed by atoms with E-state index in [1.165, 1.54) is 5.56 Å². The highest BCUT2D eigenvalue weighted by Gasteiger charge is 2.23. The van der Waals surface area contributed by atoms with Gasteiger partial charge < -0.3 is 9.73 Å². The molecule has 0 amide bonds. The Bertz CT molecular complexity index is 642. The summed E-state index contributed by atoms with van der Waals surface area (Å²) in [6, 6.07) is 10.1. The third-order valence-electron chi connectivity index (χ3n) is 3.48. The topological polar surface area (TPSA) is 49.0 Å². The van der Waals surface area contributed by atoms with Gasteiger partial charge in [0.05, 0.1) is 23.6 Å². The quantitative estimate of drug-likeness (QED) is 0.893. The molecule has 3 rings (SSSR count). The van der Waals surface area contributed by atoms with E-state index in [4.69, 9.17) is 4.42 Å². The molecule has 0 saturated heterocycles. The Morgan fingerprint density at radius 1 is 1.37 bits per heavy atom. The molecule has 0 fully saturated rings. The van der Waals surface area contributed by atoms with Crippen molar-refractivity contribution in [3.63, 3.8) is 0 Å². The van der Waals surface area contributed by atoms with Crippen LogP contribution in [0.5, 0.6) is 0 Å². The molecule has 2 aromatic rings. The smallest absolute Gasteiger partial charge is 0.109 e. The van der Waals surface area contributed by atoms with Gasteiger partial charge in [0.25, 0.3) is 0 Å². The number of anilines is 1. The lowest BCUT2D eigenvalue weighted by Gasteiger charge is -2.24. The summed E-state index contributed by atoms with van der Waals surface area (Å²) < 4.78 is 6.46. The van der Waals surface area contributed by atoms with Gasteiger partial charge in [0.15, 0.2) is 0 Å². The van der Waals surface area contributed by atoms with E-state index in [2.05, 4.69) is 27.3 Å². The van der Waals surface area contributed by atoms with Crippen molar-refractivity contribution in [3.8, 4) is 6.07 Å². The molecule has 0 spiro atoms. The fourth-order valence-corrected chi connectivity index (χ4v) is 2.92. The highest BCUT2D eigenvalue weighted by molar-refractivity contribution is 9.10. The largest absolute Gasteiger partial charge is 0.469 e. The summed E-state index contributed by atoms with van der Waals surface area (Å²) in [6.45, 7) is 0. The summed E-state index contributed by atoms with van der Waals surface area (Å²) in [4.78, 5) is 0. The molecule has 3 nitrogen and oxygen atoms in total. The molecule has 0 aliphatic heterocycles. The Balaban J connectivity index is 1.92. The van der Waals surface area contributed by atoms with Gasteiger partial charge in [-0.05, 0) is 37.1 Å². The summed E-state index contributed by atoms with van der Waals surface area (Å²) >= 11 is 3.45. The molecule has 0 saturated carbocycles. The average molecular weight is 317 g/mol. The van der Waals surface area contributed by atoms with Crippen LogP contribution in [0.3, 0.4) is 0 Å². The molecule has 1 unspecified atom stereocenters. The van der Waals surface area contributed by atoms with Crippen LogP contribution in [0.1, 0.15) is 35.8 Å². The van der Waals surface area contributed by atoms with Crippen LogP contribution in [0, 0.1) is 11.3 Å². The SMILES string of the molecule is N#Cc1ccc(Br)cc1NC1CCCc2occc21. The first kappa shape index (κ1) is 12.3. The van der Waals surface area contributed by atoms with Gasteiger partial charge in [-0.3, -0.25) is 0 Å². The molecular weight excluding hydrogens is 304 g/mol. The van der Waals surface area contributed by atoms with Crippen LogP contribution >= 0.6 is 15.9 Å². The van der Waals surface area contributed by atoms with Crippen molar-refractivity contribution in [2.75, 3.05) is 5.32 Å². The molecule has 1 heterocycles. The van der Waals surface area contributed by atoms with Crippen LogP contribution in [0.15, 0.2) is 39.4 Å². The zero-order chi connectivity index (χ0) is 13.2. The lowest BCUT2D eigenvalue weighted by atomic mass is 9.93. The molecule has 1 aliphatic carbocycles. The summed E-state index contributed by atoms with van der Waals surface area (Å²) in [5.41, 5.74) is 2.75. The molecule has 1 aromatic carbocycles. The van der Waals surface area contributed by atoms with Crippen LogP contribution in [0.25, 0.3) is 0 Å². The summed E-state index contributed by atoms with van der Waals surface area (Å²) in [6.07, 6.45) is 4.92. The van der Waals surface area contributed by atoms with Crippen LogP contribution in [0.2, 0.25) is 0 Å². The van der Waals surface area contributed by atoms with Gasteiger partial charge in [0.1, 0.15) is 11.8 Å². The number of nitrogens with one attached hydrogen (secondary N) is 1. The number of benzene rings is 1. The lowest BCUT2D eigenvalue weighted by Crippen LogP contribution is -2.16. The van der Waals surface area contributed by atoms with Crippen LogP contribution < -0.4 is 5.32 Å². The van der Waals surface area contributed by atoms with E-state index in [-0.39, 0.29) is 6.04 Å². The standard InChI is InChI=1S/C15H13BrN2O/c16-11-5-4-10(9-17)14(8-11)18-13-2-1-3-15-12(13)6-7-19-15/h4-8,13,18H,1-3H2. The fourth-order valence-electron chi connectivity index (χ4n) is 2.56. The number of fused-ring (bicyclic) bond motifs is 1. The second-order valence-electron chi connectivity index (χ2n) is 4.69. The predicted octanol–water partition coefficient (Wildman–Crippen LogP) is 4.40. The minimum Gasteiger partial charge on any atom is -0.469 e. The van der Waals surface area contributed by atoms with E-state index >= 15 is 0 Å². The van der Waals surface area contributed by atoms with Crippen LogP contribution in [-0.2, 0) is 6.42 Å². The van der Waals surface area contributed by atoms with Crippen molar-refractivity contribution in [1.29, 1.82) is 5.26 Å². The van der Waals surface area contributed by atoms with E-state index < -0.39 is 0 Å². The third-order valence-corrected chi connectivity index (χ3v) is 3.98. The zero-order valence-electron chi connectivity index (χ0n) is 10.3. The first-order chi connectivity index (χ1) is 9.28. The second-order valence-corrected chi connectivity index (χ2v) is 5.61. The number of nitriles is 1. The molecule has 1 atom stereocenters. The normalized spacial score (nSPS) is 17.6. The molecule has 96 valence electrons. The molecule has 1 aliphatic rings. The fraction of sp³-hybridized carbons (Fsp3) is 0.267. The Morgan fingerprint density at radius 3 is 3.11 bits per heavy atom. The number of rotatable bonds is 2. The van der Waals surface area contributed by atoms with Crippen LogP contribution in [-0.4, -0.2) is 0 Å². The zero-order valence-corrected chi connectivity index (χ0v) is 11.9. The van der Waals surface area contributed by atoms with Crippen molar-refractivity contribution in [2.24, 2.45) is 0 Å². The summed E-state index contributed by atoms with van der Waals surface area (Å²) in [5.74, 6) is 1.07. The third kappa shape index (κ3) is 2.39. The summed E-state index contributed by atoms with van der Waals surface area (Å²) in [7, 11) is 0. The van der Waals surface area contributed by atoms with E-state index in [9.17, 15) is 5.26 Å². The van der Waals surface area contributed by atoms with Crippen LogP contribution in [0.4, 0.5) is 5.69 Å². The van der Waals surface area contributed by atoms with Gasteiger partial charge in [-0.1, -0.05) is 15.9 Å². The number of aryl methyl sites for hydroxylation is 1. The van der Waals surface area contributed by atoms with Crippen molar-refractivity contribution in [1.82, 2.24) is 0 Å². The Kier molecular flexibility index (Phi) is 3.31. The number of hydrogen-bond donors (Lipinski definition) is 1. The number of furan rings is 1. The minimum atomic E-state index is 0.226. The molecule has 19 heavy (non-hydrogen) atoms. The lowest BCUT2D eigenvalue weighted by molar-refractivity contribution is 0.461. The first-order valence-corrected chi connectivity index (χ1v) is 7.09. The van der Waals surface area contributed by atoms with Gasteiger partial charge >= 0.3 is 0 Å². The molecular formula is C15H13BrN2O. The highest BCUT2D eigenvalue weighted by Crippen LogP contribution is 2.34. The Morgan fingerprint density at radius 2 is 2.26 bits per heavy atom. The number of nitrogens with zero attached hydrogens (tertiary/aromatic N) is 1. The van der Waals surface area contributed by atoms with E-state index in [0.29, 0.717) is 5.56 Å². The van der Waals surface area contributed by atoms with Gasteiger partial charge in [-0.15, -0.1) is 0 Å². The van der Waals surface area contributed by atoms with Gasteiger partial charge in [-0.25, -0.2) is 0 Å². The maximum Gasteiger partial charge on any atom is 0.109 e. The average Bonchev–Trinajstić information content (AvgIpc) is 2.88. The summed E-state index contributed by atoms with van der Waals surface area (Å²) in [5, 5.41) is 12.6. The molecule has 4 heteroatoms. The van der Waals surface area contributed by atoms with E-state index in [1.807, 2.05) is 24.3 Å². The Labute approximate surface area is 120 Å². The van der Waals surface area contributed by atoms with Gasteiger partial charge in [0.2, 0.25) is 0 Å². The minimum absolute atomic E-state index is 0.226. The number of halogens is 1. The first-order valence-electron chi connectivity index (χ1n) is 6.30. The Hall–Kier alpha value is -1.73. The maximum atomic E-state index is 9.17. The maximum absolute atomic E-state index is 9.17. The highest BCUT2D eigenvalue weighted by atomic mass is 79.9. The van der Waals surface area contributed by atoms with Crippen molar-refractivity contribution >= 4 is 21.6 Å². The van der Waals surface area contributed by atoms with Crippen molar-refractivity contribution in [2.45, 2.75) is 25.3 Å².